The third-order valence-corrected chi connectivity index (χ3v) is 2.13. The van der Waals surface area contributed by atoms with E-state index in [1.165, 1.54) is 0 Å². The maximum atomic E-state index is 5.63. The predicted molar refractivity (Wildman–Crippen MR) is 64.4 cm³/mol. The van der Waals surface area contributed by atoms with Crippen LogP contribution < -0.4 is 5.73 Å². The van der Waals surface area contributed by atoms with Crippen LogP contribution in [0.2, 0.25) is 0 Å². The average Bonchev–Trinajstić information content (AvgIpc) is 2.28. The Bertz CT molecular complexity index is 437. The highest BCUT2D eigenvalue weighted by Crippen LogP contribution is 2.16. The van der Waals surface area contributed by atoms with Gasteiger partial charge in [-0.2, -0.15) is 0 Å². The van der Waals surface area contributed by atoms with E-state index in [1.54, 1.807) is 0 Å². The molecule has 2 aromatic rings. The molecule has 1 aromatic carbocycles. The first-order valence-corrected chi connectivity index (χ1v) is 3.87. The number of nitrogens with two attached hydrogens (primary N) is 1. The molecule has 1 aromatic heterocycles. The molecule has 3 nitrogen and oxygen atoms in total. The highest BCUT2D eigenvalue weighted by atomic mass is 35.5. The quantitative estimate of drug-likeness (QED) is 0.711. The topological polar surface area (TPSA) is 43.8 Å². The number of halogens is 2. The Hall–Kier alpha value is -0.930. The molecule has 78 valence electrons. The van der Waals surface area contributed by atoms with Crippen molar-refractivity contribution in [3.05, 3.63) is 24.0 Å². The van der Waals surface area contributed by atoms with Gasteiger partial charge in [-0.3, -0.25) is 0 Å². The number of nitrogens with zero attached hydrogens (tertiary/aromatic N) is 2. The number of rotatable bonds is 0. The van der Waals surface area contributed by atoms with E-state index in [0.717, 1.165) is 22.5 Å². The molecular formula is C9H13Cl2N3. The van der Waals surface area contributed by atoms with Gasteiger partial charge in [0.1, 0.15) is 5.82 Å². The summed E-state index contributed by atoms with van der Waals surface area (Å²) in [7, 11) is 2.00. The van der Waals surface area contributed by atoms with Gasteiger partial charge in [-0.05, 0) is 25.1 Å². The summed E-state index contributed by atoms with van der Waals surface area (Å²) in [5.41, 5.74) is 8.49. The highest BCUT2D eigenvalue weighted by Gasteiger charge is 2.02. The third-order valence-electron chi connectivity index (χ3n) is 2.13. The first-order chi connectivity index (χ1) is 5.68. The van der Waals surface area contributed by atoms with Gasteiger partial charge in [-0.15, -0.1) is 24.8 Å². The molecule has 0 bridgehead atoms. The lowest BCUT2D eigenvalue weighted by molar-refractivity contribution is 0.886. The van der Waals surface area contributed by atoms with E-state index >= 15 is 0 Å². The minimum absolute atomic E-state index is 0. The zero-order valence-corrected chi connectivity index (χ0v) is 9.65. The number of aryl methyl sites for hydroxylation is 2. The third kappa shape index (κ3) is 1.94. The van der Waals surface area contributed by atoms with Crippen LogP contribution in [0.3, 0.4) is 0 Å². The number of hydrogen-bond acceptors (Lipinski definition) is 2. The molecule has 2 rings (SSSR count). The van der Waals surface area contributed by atoms with E-state index in [1.807, 2.05) is 32.2 Å². The van der Waals surface area contributed by atoms with Crippen molar-refractivity contribution in [1.82, 2.24) is 9.55 Å². The molecule has 0 saturated heterocycles. The van der Waals surface area contributed by atoms with Crippen LogP contribution in [0, 0.1) is 6.92 Å². The number of nitrogen functional groups attached to an aromatic ring is 1. The maximum absolute atomic E-state index is 5.63. The van der Waals surface area contributed by atoms with Crippen molar-refractivity contribution < 1.29 is 0 Å². The van der Waals surface area contributed by atoms with E-state index < -0.39 is 0 Å². The van der Waals surface area contributed by atoms with Crippen LogP contribution in [0.25, 0.3) is 11.0 Å². The highest BCUT2D eigenvalue weighted by molar-refractivity contribution is 5.85. The van der Waals surface area contributed by atoms with Crippen molar-refractivity contribution in [2.75, 3.05) is 5.73 Å². The van der Waals surface area contributed by atoms with E-state index in [0.29, 0.717) is 0 Å². The molecule has 0 atom stereocenters. The Morgan fingerprint density at radius 2 is 1.93 bits per heavy atom. The Morgan fingerprint density at radius 1 is 1.29 bits per heavy atom. The Kier molecular flexibility index (Phi) is 4.23. The number of hydrogen-bond donors (Lipinski definition) is 1. The van der Waals surface area contributed by atoms with Crippen LogP contribution in [-0.2, 0) is 7.05 Å². The molecule has 0 saturated carbocycles. The van der Waals surface area contributed by atoms with Crippen molar-refractivity contribution >= 4 is 41.5 Å². The molecule has 0 aliphatic heterocycles. The standard InChI is InChI=1S/C9H11N3.2ClH/c1-6-11-8-5-7(10)3-4-9(8)12(6)2;;/h3-5H,10H2,1-2H3;2*1H. The normalized spacial score (nSPS) is 9.29. The second-order valence-corrected chi connectivity index (χ2v) is 2.97. The van der Waals surface area contributed by atoms with Crippen LogP contribution >= 0.6 is 24.8 Å². The van der Waals surface area contributed by atoms with Gasteiger partial charge in [0.15, 0.2) is 0 Å². The van der Waals surface area contributed by atoms with E-state index in [4.69, 9.17) is 5.73 Å². The summed E-state index contributed by atoms with van der Waals surface area (Å²) in [5, 5.41) is 0. The average molecular weight is 234 g/mol. The fraction of sp³-hybridized carbons (Fsp3) is 0.222. The van der Waals surface area contributed by atoms with Gasteiger partial charge < -0.3 is 10.3 Å². The summed E-state index contributed by atoms with van der Waals surface area (Å²) in [6.45, 7) is 1.98. The van der Waals surface area contributed by atoms with Crippen LogP contribution in [-0.4, -0.2) is 9.55 Å². The summed E-state index contributed by atoms with van der Waals surface area (Å²) >= 11 is 0. The molecule has 0 amide bonds. The van der Waals surface area contributed by atoms with Gasteiger partial charge in [-0.1, -0.05) is 0 Å². The summed E-state index contributed by atoms with van der Waals surface area (Å²) in [4.78, 5) is 4.36. The fourth-order valence-corrected chi connectivity index (χ4v) is 1.34. The van der Waals surface area contributed by atoms with Crippen LogP contribution in [0.4, 0.5) is 5.69 Å². The van der Waals surface area contributed by atoms with Gasteiger partial charge in [0.2, 0.25) is 0 Å². The Labute approximate surface area is 95.1 Å². The molecule has 0 aliphatic carbocycles. The number of benzene rings is 1. The van der Waals surface area contributed by atoms with Crippen molar-refractivity contribution in [2.24, 2.45) is 7.05 Å². The molecule has 14 heavy (non-hydrogen) atoms. The molecule has 2 N–H and O–H groups in total. The fourth-order valence-electron chi connectivity index (χ4n) is 1.34. The van der Waals surface area contributed by atoms with E-state index in [-0.39, 0.29) is 24.8 Å². The van der Waals surface area contributed by atoms with Crippen LogP contribution in [0.5, 0.6) is 0 Å². The Morgan fingerprint density at radius 3 is 2.57 bits per heavy atom. The molecule has 0 fully saturated rings. The first-order valence-electron chi connectivity index (χ1n) is 3.87. The molecule has 1 heterocycles. The van der Waals surface area contributed by atoms with Crippen molar-refractivity contribution in [2.45, 2.75) is 6.92 Å². The van der Waals surface area contributed by atoms with Crippen molar-refractivity contribution in [3.8, 4) is 0 Å². The lowest BCUT2D eigenvalue weighted by Gasteiger charge is -1.95. The van der Waals surface area contributed by atoms with E-state index in [2.05, 4.69) is 9.55 Å². The monoisotopic (exact) mass is 233 g/mol. The van der Waals surface area contributed by atoms with E-state index in [9.17, 15) is 0 Å². The SMILES string of the molecule is Cc1nc2cc(N)ccc2n1C.Cl.Cl. The van der Waals surface area contributed by atoms with Crippen molar-refractivity contribution in [1.29, 1.82) is 0 Å². The smallest absolute Gasteiger partial charge is 0.106 e. The van der Waals surface area contributed by atoms with Gasteiger partial charge in [-0.25, -0.2) is 4.98 Å². The molecular weight excluding hydrogens is 221 g/mol. The number of anilines is 1. The summed E-state index contributed by atoms with van der Waals surface area (Å²) in [6.07, 6.45) is 0. The van der Waals surface area contributed by atoms with Crippen LogP contribution in [0.1, 0.15) is 5.82 Å². The minimum atomic E-state index is 0. The van der Waals surface area contributed by atoms with Crippen molar-refractivity contribution in [3.63, 3.8) is 0 Å². The first kappa shape index (κ1) is 13.1. The number of fused-ring (bicyclic) bond motifs is 1. The summed E-state index contributed by atoms with van der Waals surface area (Å²) in [6, 6.07) is 5.77. The number of aromatic nitrogens is 2. The second-order valence-electron chi connectivity index (χ2n) is 2.97. The zero-order chi connectivity index (χ0) is 8.72. The summed E-state index contributed by atoms with van der Waals surface area (Å²) in [5.74, 6) is 1.01. The van der Waals surface area contributed by atoms with Crippen LogP contribution in [0.15, 0.2) is 18.2 Å². The summed E-state index contributed by atoms with van der Waals surface area (Å²) < 4.78 is 2.05. The molecule has 5 heteroatoms. The largest absolute Gasteiger partial charge is 0.399 e. The molecule has 0 aliphatic rings. The van der Waals surface area contributed by atoms with Gasteiger partial charge in [0.05, 0.1) is 11.0 Å². The maximum Gasteiger partial charge on any atom is 0.106 e. The second kappa shape index (κ2) is 4.53. The number of imidazole rings is 1. The minimum Gasteiger partial charge on any atom is -0.399 e. The molecule has 0 radical (unpaired) electrons. The predicted octanol–water partition coefficient (Wildman–Crippen LogP) is 2.31. The molecule has 0 spiro atoms. The lowest BCUT2D eigenvalue weighted by atomic mass is 10.3. The van der Waals surface area contributed by atoms with Gasteiger partial charge in [0.25, 0.3) is 0 Å². The van der Waals surface area contributed by atoms with Gasteiger partial charge >= 0.3 is 0 Å². The Balaban J connectivity index is 0.000000845. The molecule has 0 unspecified atom stereocenters. The zero-order valence-electron chi connectivity index (χ0n) is 8.02. The lowest BCUT2D eigenvalue weighted by Crippen LogP contribution is -1.90. The van der Waals surface area contributed by atoms with Gasteiger partial charge in [0, 0.05) is 12.7 Å².